The van der Waals surface area contributed by atoms with E-state index in [0.717, 1.165) is 59.4 Å². The molecule has 1 N–H and O–H groups in total. The molecular formula is C22H23ClN2O2. The molecule has 1 unspecified atom stereocenters. The van der Waals surface area contributed by atoms with E-state index in [0.29, 0.717) is 11.6 Å². The third kappa shape index (κ3) is 4.08. The van der Waals surface area contributed by atoms with Crippen LogP contribution in [0.4, 0.5) is 0 Å². The van der Waals surface area contributed by atoms with Crippen LogP contribution in [0.3, 0.4) is 0 Å². The highest BCUT2D eigenvalue weighted by molar-refractivity contribution is 6.30. The lowest BCUT2D eigenvalue weighted by atomic mass is 10.0. The van der Waals surface area contributed by atoms with Crippen molar-refractivity contribution >= 4 is 22.5 Å². The molecule has 4 nitrogen and oxygen atoms in total. The number of aliphatic hydroxyl groups excluding tert-OH is 1. The van der Waals surface area contributed by atoms with Crippen LogP contribution in [0.1, 0.15) is 18.4 Å². The van der Waals surface area contributed by atoms with Crippen molar-refractivity contribution in [3.63, 3.8) is 0 Å². The maximum absolute atomic E-state index is 10.0. The molecule has 1 aliphatic heterocycles. The second-order valence-corrected chi connectivity index (χ2v) is 7.53. The number of nitrogens with zero attached hydrogens (tertiary/aromatic N) is 2. The lowest BCUT2D eigenvalue weighted by molar-refractivity contribution is 0.0669. The first-order valence-electron chi connectivity index (χ1n) is 9.26. The van der Waals surface area contributed by atoms with E-state index in [1.54, 1.807) is 7.11 Å². The Bertz CT molecular complexity index is 943. The lowest BCUT2D eigenvalue weighted by Crippen LogP contribution is -2.37. The molecule has 5 heteroatoms. The molecule has 0 saturated carbocycles. The van der Waals surface area contributed by atoms with Crippen LogP contribution in [-0.2, 0) is 6.54 Å². The standard InChI is InChI=1S/C22H23ClN2O2/c1-27-20-9-6-16-11-17(13-25-10-2-3-19(26)14-25)22(24-21(16)12-20)15-4-7-18(23)8-5-15/h4-9,11-12,19,26H,2-3,10,13-14H2,1H3. The van der Waals surface area contributed by atoms with Crippen LogP contribution in [-0.4, -0.2) is 41.3 Å². The number of pyridine rings is 1. The van der Waals surface area contributed by atoms with Gasteiger partial charge in [0.1, 0.15) is 5.75 Å². The maximum Gasteiger partial charge on any atom is 0.121 e. The van der Waals surface area contributed by atoms with Crippen molar-refractivity contribution in [2.24, 2.45) is 0 Å². The van der Waals surface area contributed by atoms with E-state index in [4.69, 9.17) is 21.3 Å². The highest BCUT2D eigenvalue weighted by Gasteiger charge is 2.20. The quantitative estimate of drug-likeness (QED) is 0.720. The number of benzene rings is 2. The molecule has 1 aliphatic rings. The van der Waals surface area contributed by atoms with Gasteiger partial charge in [0.25, 0.3) is 0 Å². The molecule has 0 radical (unpaired) electrons. The maximum atomic E-state index is 10.0. The molecule has 27 heavy (non-hydrogen) atoms. The summed E-state index contributed by atoms with van der Waals surface area (Å²) in [6.07, 6.45) is 1.67. The summed E-state index contributed by atoms with van der Waals surface area (Å²) in [5.74, 6) is 0.795. The van der Waals surface area contributed by atoms with Gasteiger partial charge in [0, 0.05) is 35.1 Å². The molecule has 0 amide bonds. The zero-order chi connectivity index (χ0) is 18.8. The number of hydrogen-bond acceptors (Lipinski definition) is 4. The van der Waals surface area contributed by atoms with Gasteiger partial charge in [-0.1, -0.05) is 23.7 Å². The molecule has 0 aliphatic carbocycles. The number of fused-ring (bicyclic) bond motifs is 1. The van der Waals surface area contributed by atoms with Crippen molar-refractivity contribution in [1.29, 1.82) is 0 Å². The Kier molecular flexibility index (Phi) is 5.30. The molecule has 2 aromatic carbocycles. The van der Waals surface area contributed by atoms with Gasteiger partial charge in [0.05, 0.1) is 24.4 Å². The number of β-amino-alcohol motifs (C(OH)–C–C–N with tert-alkyl or cyclic N) is 1. The van der Waals surface area contributed by atoms with Crippen LogP contribution >= 0.6 is 11.6 Å². The van der Waals surface area contributed by atoms with Crippen LogP contribution in [0, 0.1) is 0 Å². The number of likely N-dealkylation sites (tertiary alicyclic amines) is 1. The number of ether oxygens (including phenoxy) is 1. The minimum atomic E-state index is -0.240. The van der Waals surface area contributed by atoms with Gasteiger partial charge in [0.2, 0.25) is 0 Å². The summed E-state index contributed by atoms with van der Waals surface area (Å²) in [5.41, 5.74) is 4.05. The predicted octanol–water partition coefficient (Wildman–Crippen LogP) is 4.52. The molecule has 3 aromatic rings. The Morgan fingerprint density at radius 3 is 2.74 bits per heavy atom. The SMILES string of the molecule is COc1ccc2cc(CN3CCCC(O)C3)c(-c3ccc(Cl)cc3)nc2c1. The minimum absolute atomic E-state index is 0.240. The lowest BCUT2D eigenvalue weighted by Gasteiger charge is -2.30. The van der Waals surface area contributed by atoms with E-state index in [9.17, 15) is 5.11 Å². The van der Waals surface area contributed by atoms with Gasteiger partial charge in [-0.05, 0) is 55.3 Å². The fourth-order valence-electron chi connectivity index (χ4n) is 3.71. The number of aromatic nitrogens is 1. The Balaban J connectivity index is 1.78. The van der Waals surface area contributed by atoms with E-state index in [1.807, 2.05) is 42.5 Å². The summed E-state index contributed by atoms with van der Waals surface area (Å²) in [5, 5.41) is 11.8. The summed E-state index contributed by atoms with van der Waals surface area (Å²) < 4.78 is 5.35. The van der Waals surface area contributed by atoms with Crippen molar-refractivity contribution in [3.8, 4) is 17.0 Å². The number of methoxy groups -OCH3 is 1. The van der Waals surface area contributed by atoms with Crippen molar-refractivity contribution in [2.75, 3.05) is 20.2 Å². The van der Waals surface area contributed by atoms with Gasteiger partial charge in [-0.25, -0.2) is 4.98 Å². The molecule has 1 fully saturated rings. The molecule has 2 heterocycles. The number of piperidine rings is 1. The highest BCUT2D eigenvalue weighted by Crippen LogP contribution is 2.30. The first-order valence-corrected chi connectivity index (χ1v) is 9.64. The summed E-state index contributed by atoms with van der Waals surface area (Å²) in [4.78, 5) is 7.26. The number of rotatable bonds is 4. The van der Waals surface area contributed by atoms with Crippen molar-refractivity contribution in [1.82, 2.24) is 9.88 Å². The van der Waals surface area contributed by atoms with E-state index < -0.39 is 0 Å². The fourth-order valence-corrected chi connectivity index (χ4v) is 3.84. The Labute approximate surface area is 164 Å². The molecule has 1 saturated heterocycles. The largest absolute Gasteiger partial charge is 0.497 e. The summed E-state index contributed by atoms with van der Waals surface area (Å²) >= 11 is 6.07. The van der Waals surface area contributed by atoms with Gasteiger partial charge in [-0.2, -0.15) is 0 Å². The van der Waals surface area contributed by atoms with Crippen LogP contribution in [0.5, 0.6) is 5.75 Å². The molecular weight excluding hydrogens is 360 g/mol. The van der Waals surface area contributed by atoms with Crippen LogP contribution in [0.2, 0.25) is 5.02 Å². The van der Waals surface area contributed by atoms with Crippen LogP contribution < -0.4 is 4.74 Å². The fraction of sp³-hybridized carbons (Fsp3) is 0.318. The predicted molar refractivity (Wildman–Crippen MR) is 109 cm³/mol. The molecule has 1 atom stereocenters. The summed E-state index contributed by atoms with van der Waals surface area (Å²) in [7, 11) is 1.66. The first-order chi connectivity index (χ1) is 13.1. The molecule has 1 aromatic heterocycles. The second kappa shape index (κ2) is 7.85. The number of halogens is 1. The van der Waals surface area contributed by atoms with Gasteiger partial charge in [0.15, 0.2) is 0 Å². The summed E-state index contributed by atoms with van der Waals surface area (Å²) in [6, 6.07) is 16.0. The van der Waals surface area contributed by atoms with Gasteiger partial charge in [-0.15, -0.1) is 0 Å². The topological polar surface area (TPSA) is 45.6 Å². The average molecular weight is 383 g/mol. The third-order valence-electron chi connectivity index (χ3n) is 5.10. The smallest absolute Gasteiger partial charge is 0.121 e. The Morgan fingerprint density at radius 2 is 2.00 bits per heavy atom. The van der Waals surface area contributed by atoms with E-state index >= 15 is 0 Å². The van der Waals surface area contributed by atoms with Crippen LogP contribution in [0.15, 0.2) is 48.5 Å². The van der Waals surface area contributed by atoms with Gasteiger partial charge in [-0.3, -0.25) is 4.90 Å². The number of aliphatic hydroxyl groups is 1. The van der Waals surface area contributed by atoms with E-state index in [1.165, 1.54) is 0 Å². The van der Waals surface area contributed by atoms with Crippen molar-refractivity contribution in [3.05, 3.63) is 59.1 Å². The molecule has 0 spiro atoms. The second-order valence-electron chi connectivity index (χ2n) is 7.09. The summed E-state index contributed by atoms with van der Waals surface area (Å²) in [6.45, 7) is 2.47. The van der Waals surface area contributed by atoms with E-state index in [2.05, 4.69) is 11.0 Å². The zero-order valence-corrected chi connectivity index (χ0v) is 16.1. The van der Waals surface area contributed by atoms with E-state index in [-0.39, 0.29) is 6.10 Å². The minimum Gasteiger partial charge on any atom is -0.497 e. The zero-order valence-electron chi connectivity index (χ0n) is 15.4. The third-order valence-corrected chi connectivity index (χ3v) is 5.35. The molecule has 0 bridgehead atoms. The number of hydrogen-bond donors (Lipinski definition) is 1. The van der Waals surface area contributed by atoms with Crippen molar-refractivity contribution < 1.29 is 9.84 Å². The van der Waals surface area contributed by atoms with Gasteiger partial charge < -0.3 is 9.84 Å². The Hall–Kier alpha value is -2.14. The highest BCUT2D eigenvalue weighted by atomic mass is 35.5. The average Bonchev–Trinajstić information content (AvgIpc) is 2.68. The van der Waals surface area contributed by atoms with Crippen LogP contribution in [0.25, 0.3) is 22.2 Å². The van der Waals surface area contributed by atoms with Crippen molar-refractivity contribution in [2.45, 2.75) is 25.5 Å². The molecule has 4 rings (SSSR count). The Morgan fingerprint density at radius 1 is 1.19 bits per heavy atom. The first kappa shape index (κ1) is 18.2. The monoisotopic (exact) mass is 382 g/mol. The molecule has 140 valence electrons. The normalized spacial score (nSPS) is 18.0. The van der Waals surface area contributed by atoms with Gasteiger partial charge >= 0.3 is 0 Å².